The van der Waals surface area contributed by atoms with Crippen LogP contribution in [0.25, 0.3) is 10.6 Å². The minimum Gasteiger partial charge on any atom is -0.472 e. The molecule has 0 radical (unpaired) electrons. The van der Waals surface area contributed by atoms with Crippen molar-refractivity contribution in [1.82, 2.24) is 10.3 Å². The van der Waals surface area contributed by atoms with Crippen LogP contribution in [-0.2, 0) is 6.54 Å². The Bertz CT molecular complexity index is 485. The summed E-state index contributed by atoms with van der Waals surface area (Å²) in [5.74, 6) is 0.709. The van der Waals surface area contributed by atoms with Gasteiger partial charge in [-0.05, 0) is 25.5 Å². The first-order chi connectivity index (χ1) is 8.38. The van der Waals surface area contributed by atoms with Crippen LogP contribution in [0, 0.1) is 0 Å². The lowest BCUT2D eigenvalue weighted by Crippen LogP contribution is -2.11. The molecule has 1 saturated carbocycles. The van der Waals surface area contributed by atoms with Crippen LogP contribution in [0.4, 0.5) is 0 Å². The van der Waals surface area contributed by atoms with Gasteiger partial charge in [-0.2, -0.15) is 0 Å². The number of thiazole rings is 1. The molecule has 2 aromatic heterocycles. The molecule has 17 heavy (non-hydrogen) atoms. The standard InChI is InChI=1S/C13H16N2OS/c1-2-14-7-11-12(9-3-4-9)15-13(17-11)10-5-6-16-8-10/h5-6,8-9,14H,2-4,7H2,1H3. The summed E-state index contributed by atoms with van der Waals surface area (Å²) in [4.78, 5) is 6.18. The Morgan fingerprint density at radius 1 is 1.53 bits per heavy atom. The molecular formula is C13H16N2OS. The number of hydrogen-bond donors (Lipinski definition) is 1. The quantitative estimate of drug-likeness (QED) is 0.881. The van der Waals surface area contributed by atoms with Crippen molar-refractivity contribution in [2.45, 2.75) is 32.2 Å². The minimum absolute atomic E-state index is 0.709. The number of nitrogens with one attached hydrogen (secondary N) is 1. The Labute approximate surface area is 105 Å². The molecule has 0 spiro atoms. The lowest BCUT2D eigenvalue weighted by atomic mass is 10.2. The van der Waals surface area contributed by atoms with Crippen LogP contribution in [0.5, 0.6) is 0 Å². The predicted octanol–water partition coefficient (Wildman–Crippen LogP) is 3.39. The van der Waals surface area contributed by atoms with Gasteiger partial charge in [0.05, 0.1) is 12.0 Å². The second-order valence-corrected chi connectivity index (χ2v) is 5.48. The summed E-state index contributed by atoms with van der Waals surface area (Å²) in [7, 11) is 0. The van der Waals surface area contributed by atoms with Crippen molar-refractivity contribution in [3.8, 4) is 10.6 Å². The fourth-order valence-electron chi connectivity index (χ4n) is 1.91. The topological polar surface area (TPSA) is 38.1 Å². The van der Waals surface area contributed by atoms with E-state index in [0.29, 0.717) is 5.92 Å². The molecule has 0 aromatic carbocycles. The van der Waals surface area contributed by atoms with Crippen LogP contribution in [0.3, 0.4) is 0 Å². The summed E-state index contributed by atoms with van der Waals surface area (Å²) in [6, 6.07) is 1.98. The minimum atomic E-state index is 0.709. The van der Waals surface area contributed by atoms with Crippen molar-refractivity contribution in [2.75, 3.05) is 6.54 Å². The molecule has 0 bridgehead atoms. The maximum Gasteiger partial charge on any atom is 0.127 e. The molecule has 90 valence electrons. The van der Waals surface area contributed by atoms with E-state index in [4.69, 9.17) is 9.40 Å². The van der Waals surface area contributed by atoms with Gasteiger partial charge < -0.3 is 9.73 Å². The third kappa shape index (κ3) is 2.28. The van der Waals surface area contributed by atoms with Gasteiger partial charge in [-0.3, -0.25) is 0 Å². The summed E-state index contributed by atoms with van der Waals surface area (Å²) in [5.41, 5.74) is 2.41. The van der Waals surface area contributed by atoms with Gasteiger partial charge in [0, 0.05) is 22.9 Å². The van der Waals surface area contributed by atoms with Gasteiger partial charge >= 0.3 is 0 Å². The van der Waals surface area contributed by atoms with Gasteiger partial charge in [0.25, 0.3) is 0 Å². The zero-order chi connectivity index (χ0) is 11.7. The van der Waals surface area contributed by atoms with Crippen LogP contribution in [-0.4, -0.2) is 11.5 Å². The molecule has 4 heteroatoms. The summed E-state index contributed by atoms with van der Waals surface area (Å²) in [6.07, 6.45) is 6.07. The third-order valence-electron chi connectivity index (χ3n) is 3.00. The molecule has 2 aromatic rings. The Kier molecular flexibility index (Phi) is 2.99. The summed E-state index contributed by atoms with van der Waals surface area (Å²) in [6.45, 7) is 4.08. The zero-order valence-corrected chi connectivity index (χ0v) is 10.7. The second-order valence-electron chi connectivity index (χ2n) is 4.39. The molecule has 0 aliphatic heterocycles. The van der Waals surface area contributed by atoms with E-state index < -0.39 is 0 Å². The van der Waals surface area contributed by atoms with Crippen molar-refractivity contribution in [3.05, 3.63) is 29.2 Å². The van der Waals surface area contributed by atoms with Crippen LogP contribution in [0.2, 0.25) is 0 Å². The van der Waals surface area contributed by atoms with Crippen molar-refractivity contribution in [1.29, 1.82) is 0 Å². The van der Waals surface area contributed by atoms with Gasteiger partial charge in [-0.15, -0.1) is 11.3 Å². The van der Waals surface area contributed by atoms with E-state index in [1.807, 2.05) is 6.07 Å². The van der Waals surface area contributed by atoms with Gasteiger partial charge in [-0.1, -0.05) is 6.92 Å². The van der Waals surface area contributed by atoms with Crippen LogP contribution in [0.15, 0.2) is 23.0 Å². The lowest BCUT2D eigenvalue weighted by Gasteiger charge is -2.00. The molecule has 3 nitrogen and oxygen atoms in total. The average Bonchev–Trinajstić information content (AvgIpc) is 2.90. The Hall–Kier alpha value is -1.13. The molecule has 3 rings (SSSR count). The molecule has 0 amide bonds. The van der Waals surface area contributed by atoms with E-state index in [-0.39, 0.29) is 0 Å². The molecule has 1 fully saturated rings. The Morgan fingerprint density at radius 2 is 2.41 bits per heavy atom. The maximum atomic E-state index is 5.13. The van der Waals surface area contributed by atoms with E-state index in [2.05, 4.69) is 12.2 Å². The average molecular weight is 248 g/mol. The summed E-state index contributed by atoms with van der Waals surface area (Å²) >= 11 is 1.79. The van der Waals surface area contributed by atoms with Gasteiger partial charge in [0.1, 0.15) is 11.3 Å². The fraction of sp³-hybridized carbons (Fsp3) is 0.462. The number of hydrogen-bond acceptors (Lipinski definition) is 4. The summed E-state index contributed by atoms with van der Waals surface area (Å²) in [5, 5.41) is 4.48. The van der Waals surface area contributed by atoms with E-state index in [1.165, 1.54) is 23.4 Å². The zero-order valence-electron chi connectivity index (χ0n) is 9.90. The highest BCUT2D eigenvalue weighted by Crippen LogP contribution is 2.44. The van der Waals surface area contributed by atoms with Gasteiger partial charge in [0.15, 0.2) is 0 Å². The second kappa shape index (κ2) is 4.63. The van der Waals surface area contributed by atoms with Crippen molar-refractivity contribution in [2.24, 2.45) is 0 Å². The molecule has 1 aliphatic rings. The molecule has 0 atom stereocenters. The van der Waals surface area contributed by atoms with E-state index in [0.717, 1.165) is 23.7 Å². The van der Waals surface area contributed by atoms with Crippen LogP contribution in [0.1, 0.15) is 36.3 Å². The maximum absolute atomic E-state index is 5.13. The first kappa shape index (κ1) is 11.0. The third-order valence-corrected chi connectivity index (χ3v) is 4.12. The summed E-state index contributed by atoms with van der Waals surface area (Å²) < 4.78 is 5.13. The Balaban J connectivity index is 1.90. The lowest BCUT2D eigenvalue weighted by molar-refractivity contribution is 0.568. The number of nitrogens with zero attached hydrogens (tertiary/aromatic N) is 1. The molecular weight excluding hydrogens is 232 g/mol. The largest absolute Gasteiger partial charge is 0.472 e. The van der Waals surface area contributed by atoms with E-state index in [9.17, 15) is 0 Å². The highest BCUT2D eigenvalue weighted by molar-refractivity contribution is 7.15. The van der Waals surface area contributed by atoms with Gasteiger partial charge in [0.2, 0.25) is 0 Å². The fourth-order valence-corrected chi connectivity index (χ4v) is 3.02. The number of furan rings is 1. The first-order valence-electron chi connectivity index (χ1n) is 6.11. The van der Waals surface area contributed by atoms with Crippen molar-refractivity contribution < 1.29 is 4.42 Å². The molecule has 0 saturated heterocycles. The number of aromatic nitrogens is 1. The first-order valence-corrected chi connectivity index (χ1v) is 6.93. The van der Waals surface area contributed by atoms with E-state index >= 15 is 0 Å². The van der Waals surface area contributed by atoms with Crippen LogP contribution < -0.4 is 5.32 Å². The molecule has 1 aliphatic carbocycles. The monoisotopic (exact) mass is 248 g/mol. The number of rotatable bonds is 5. The molecule has 1 N–H and O–H groups in total. The molecule has 0 unspecified atom stereocenters. The Morgan fingerprint density at radius 3 is 3.06 bits per heavy atom. The van der Waals surface area contributed by atoms with Crippen LogP contribution >= 0.6 is 11.3 Å². The smallest absolute Gasteiger partial charge is 0.127 e. The SMILES string of the molecule is CCNCc1sc(-c2ccoc2)nc1C1CC1. The predicted molar refractivity (Wildman–Crippen MR) is 69.2 cm³/mol. The highest BCUT2D eigenvalue weighted by atomic mass is 32.1. The normalized spacial score (nSPS) is 15.4. The van der Waals surface area contributed by atoms with Crippen molar-refractivity contribution in [3.63, 3.8) is 0 Å². The van der Waals surface area contributed by atoms with Crippen molar-refractivity contribution >= 4 is 11.3 Å². The van der Waals surface area contributed by atoms with E-state index in [1.54, 1.807) is 23.9 Å². The van der Waals surface area contributed by atoms with Gasteiger partial charge in [-0.25, -0.2) is 4.98 Å². The molecule has 2 heterocycles. The highest BCUT2D eigenvalue weighted by Gasteiger charge is 2.29.